The highest BCUT2D eigenvalue weighted by Crippen LogP contribution is 2.36. The summed E-state index contributed by atoms with van der Waals surface area (Å²) >= 11 is 0. The van der Waals surface area contributed by atoms with E-state index in [0.717, 1.165) is 13.0 Å². The van der Waals surface area contributed by atoms with Gasteiger partial charge < -0.3 is 24.3 Å². The summed E-state index contributed by atoms with van der Waals surface area (Å²) in [6.45, 7) is 2.82. The molecule has 0 saturated heterocycles. The third kappa shape index (κ3) is 5.36. The molecule has 1 rings (SSSR count). The van der Waals surface area contributed by atoms with Crippen LogP contribution in [0.5, 0.6) is 17.2 Å². The van der Waals surface area contributed by atoms with Crippen LogP contribution in [0.4, 0.5) is 0 Å². The lowest BCUT2D eigenvalue weighted by atomic mass is 10.3. The molecule has 0 amide bonds. The molecule has 1 aromatic rings. The number of hydrogen-bond acceptors (Lipinski definition) is 5. The van der Waals surface area contributed by atoms with Crippen molar-refractivity contribution in [3.8, 4) is 17.2 Å². The van der Waals surface area contributed by atoms with Crippen molar-refractivity contribution in [3.63, 3.8) is 0 Å². The summed E-state index contributed by atoms with van der Waals surface area (Å²) in [5.74, 6) is 1.99. The molecule has 0 aliphatic carbocycles. The molecular weight excluding hydrogens is 246 g/mol. The fourth-order valence-corrected chi connectivity index (χ4v) is 1.57. The van der Waals surface area contributed by atoms with Crippen molar-refractivity contribution in [2.24, 2.45) is 0 Å². The molecule has 0 aromatic heterocycles. The van der Waals surface area contributed by atoms with Gasteiger partial charge in [-0.25, -0.2) is 0 Å². The maximum absolute atomic E-state index is 5.71. The van der Waals surface area contributed by atoms with Crippen LogP contribution in [0.3, 0.4) is 0 Å². The van der Waals surface area contributed by atoms with Gasteiger partial charge in [-0.1, -0.05) is 6.07 Å². The minimum absolute atomic E-state index is 0.566. The molecule has 0 aliphatic rings. The number of nitrogens with one attached hydrogen (secondary N) is 1. The van der Waals surface area contributed by atoms with Gasteiger partial charge >= 0.3 is 0 Å². The molecule has 19 heavy (non-hydrogen) atoms. The molecule has 0 radical (unpaired) electrons. The molecule has 108 valence electrons. The van der Waals surface area contributed by atoms with E-state index in [2.05, 4.69) is 5.32 Å². The van der Waals surface area contributed by atoms with Crippen LogP contribution in [0.1, 0.15) is 6.42 Å². The summed E-state index contributed by atoms with van der Waals surface area (Å²) in [5.41, 5.74) is 0. The quantitative estimate of drug-likeness (QED) is 0.655. The first-order valence-electron chi connectivity index (χ1n) is 6.39. The van der Waals surface area contributed by atoms with Crippen LogP contribution in [0.15, 0.2) is 18.2 Å². The Labute approximate surface area is 114 Å². The van der Waals surface area contributed by atoms with Gasteiger partial charge in [-0.15, -0.1) is 0 Å². The maximum Gasteiger partial charge on any atom is 0.203 e. The van der Waals surface area contributed by atoms with Crippen molar-refractivity contribution in [1.82, 2.24) is 5.32 Å². The first-order valence-corrected chi connectivity index (χ1v) is 6.39. The predicted molar refractivity (Wildman–Crippen MR) is 74.4 cm³/mol. The van der Waals surface area contributed by atoms with Crippen LogP contribution < -0.4 is 19.5 Å². The van der Waals surface area contributed by atoms with Crippen molar-refractivity contribution in [2.75, 3.05) is 47.6 Å². The summed E-state index contributed by atoms with van der Waals surface area (Å²) in [4.78, 5) is 0. The van der Waals surface area contributed by atoms with E-state index in [0.29, 0.717) is 37.1 Å². The third-order valence-electron chi connectivity index (χ3n) is 2.56. The van der Waals surface area contributed by atoms with Gasteiger partial charge in [-0.05, 0) is 19.2 Å². The number of likely N-dealkylation sites (N-methyl/N-ethyl adjacent to an activating group) is 1. The first-order chi connectivity index (χ1) is 9.33. The SMILES string of the molecule is CNCCOCCCOc1c(OC)cccc1OC. The number of ether oxygens (including phenoxy) is 4. The van der Waals surface area contributed by atoms with Gasteiger partial charge in [0, 0.05) is 19.6 Å². The van der Waals surface area contributed by atoms with Crippen molar-refractivity contribution >= 4 is 0 Å². The Morgan fingerprint density at radius 3 is 2.26 bits per heavy atom. The Kier molecular flexibility index (Phi) is 7.77. The molecule has 0 unspecified atom stereocenters. The van der Waals surface area contributed by atoms with E-state index in [4.69, 9.17) is 18.9 Å². The molecule has 0 saturated carbocycles. The summed E-state index contributed by atoms with van der Waals surface area (Å²) in [5, 5.41) is 3.03. The Morgan fingerprint density at radius 2 is 1.68 bits per heavy atom. The topological polar surface area (TPSA) is 49.0 Å². The molecule has 0 bridgehead atoms. The van der Waals surface area contributed by atoms with E-state index in [1.165, 1.54) is 0 Å². The maximum atomic E-state index is 5.71. The van der Waals surface area contributed by atoms with Gasteiger partial charge in [0.1, 0.15) is 0 Å². The highest BCUT2D eigenvalue weighted by atomic mass is 16.5. The Morgan fingerprint density at radius 1 is 1.00 bits per heavy atom. The Balaban J connectivity index is 2.35. The molecule has 5 nitrogen and oxygen atoms in total. The largest absolute Gasteiger partial charge is 0.493 e. The molecule has 0 fully saturated rings. The van der Waals surface area contributed by atoms with E-state index >= 15 is 0 Å². The fourth-order valence-electron chi connectivity index (χ4n) is 1.57. The molecule has 0 aliphatic heterocycles. The first kappa shape index (κ1) is 15.6. The highest BCUT2D eigenvalue weighted by molar-refractivity contribution is 5.51. The minimum atomic E-state index is 0.566. The number of hydrogen-bond donors (Lipinski definition) is 1. The van der Waals surface area contributed by atoms with E-state index < -0.39 is 0 Å². The van der Waals surface area contributed by atoms with E-state index in [1.807, 2.05) is 25.2 Å². The second-order valence-electron chi connectivity index (χ2n) is 3.91. The predicted octanol–water partition coefficient (Wildman–Crippen LogP) is 1.71. The number of methoxy groups -OCH3 is 2. The third-order valence-corrected chi connectivity index (χ3v) is 2.56. The molecule has 1 N–H and O–H groups in total. The van der Waals surface area contributed by atoms with Crippen LogP contribution in [-0.2, 0) is 4.74 Å². The monoisotopic (exact) mass is 269 g/mol. The summed E-state index contributed by atoms with van der Waals surface area (Å²) in [6.07, 6.45) is 0.824. The van der Waals surface area contributed by atoms with E-state index in [1.54, 1.807) is 14.2 Å². The average Bonchev–Trinajstić information content (AvgIpc) is 2.46. The van der Waals surface area contributed by atoms with Crippen molar-refractivity contribution in [1.29, 1.82) is 0 Å². The van der Waals surface area contributed by atoms with Gasteiger partial charge in [0.2, 0.25) is 5.75 Å². The van der Waals surface area contributed by atoms with Crippen LogP contribution in [0, 0.1) is 0 Å². The van der Waals surface area contributed by atoms with Crippen LogP contribution in [0.25, 0.3) is 0 Å². The highest BCUT2D eigenvalue weighted by Gasteiger charge is 2.10. The Bertz CT molecular complexity index is 335. The lowest BCUT2D eigenvalue weighted by Gasteiger charge is -2.14. The number of rotatable bonds is 10. The van der Waals surface area contributed by atoms with Crippen LogP contribution in [0.2, 0.25) is 0 Å². The molecule has 0 heterocycles. The smallest absolute Gasteiger partial charge is 0.203 e. The van der Waals surface area contributed by atoms with E-state index in [9.17, 15) is 0 Å². The van der Waals surface area contributed by atoms with Gasteiger partial charge in [0.15, 0.2) is 11.5 Å². The van der Waals surface area contributed by atoms with Crippen LogP contribution >= 0.6 is 0 Å². The van der Waals surface area contributed by atoms with Crippen LogP contribution in [-0.4, -0.2) is 47.6 Å². The average molecular weight is 269 g/mol. The van der Waals surface area contributed by atoms with E-state index in [-0.39, 0.29) is 0 Å². The Hall–Kier alpha value is -1.46. The van der Waals surface area contributed by atoms with Gasteiger partial charge in [-0.2, -0.15) is 0 Å². The lowest BCUT2D eigenvalue weighted by Crippen LogP contribution is -2.15. The summed E-state index contributed by atoms with van der Waals surface area (Å²) < 4.78 is 21.6. The second-order valence-corrected chi connectivity index (χ2v) is 3.91. The standard InChI is InChI=1S/C14H23NO4/c1-15-8-11-18-9-5-10-19-14-12(16-2)6-4-7-13(14)17-3/h4,6-7,15H,5,8-11H2,1-3H3. The zero-order valence-corrected chi connectivity index (χ0v) is 11.9. The van der Waals surface area contributed by atoms with Crippen molar-refractivity contribution < 1.29 is 18.9 Å². The van der Waals surface area contributed by atoms with Gasteiger partial charge in [-0.3, -0.25) is 0 Å². The zero-order valence-electron chi connectivity index (χ0n) is 11.9. The van der Waals surface area contributed by atoms with Gasteiger partial charge in [0.05, 0.1) is 27.4 Å². The minimum Gasteiger partial charge on any atom is -0.493 e. The van der Waals surface area contributed by atoms with Crippen molar-refractivity contribution in [3.05, 3.63) is 18.2 Å². The normalized spacial score (nSPS) is 10.3. The second kappa shape index (κ2) is 9.47. The number of para-hydroxylation sites is 1. The fraction of sp³-hybridized carbons (Fsp3) is 0.571. The summed E-state index contributed by atoms with van der Waals surface area (Å²) in [7, 11) is 5.13. The molecular formula is C14H23NO4. The molecule has 0 spiro atoms. The molecule has 0 atom stereocenters. The van der Waals surface area contributed by atoms with Gasteiger partial charge in [0.25, 0.3) is 0 Å². The zero-order chi connectivity index (χ0) is 13.9. The number of benzene rings is 1. The molecule has 1 aromatic carbocycles. The van der Waals surface area contributed by atoms with Crippen molar-refractivity contribution in [2.45, 2.75) is 6.42 Å². The lowest BCUT2D eigenvalue weighted by molar-refractivity contribution is 0.121. The molecule has 5 heteroatoms. The summed E-state index contributed by atoms with van der Waals surface area (Å²) in [6, 6.07) is 5.56.